The zero-order valence-electron chi connectivity index (χ0n) is 9.61. The Bertz CT molecular complexity index is 234. The van der Waals surface area contributed by atoms with Crippen molar-refractivity contribution in [2.45, 2.75) is 57.9 Å². The Hall–Kier alpha value is -0.410. The van der Waals surface area contributed by atoms with Crippen LogP contribution in [0, 0.1) is 0 Å². The molecule has 0 radical (unpaired) electrons. The van der Waals surface area contributed by atoms with Crippen LogP contribution in [0.15, 0.2) is 11.7 Å². The Balaban J connectivity index is 2.00. The van der Waals surface area contributed by atoms with E-state index in [1.165, 1.54) is 43.4 Å². The second-order valence-electron chi connectivity index (χ2n) is 4.07. The summed E-state index contributed by atoms with van der Waals surface area (Å²) in [7, 11) is 0. The van der Waals surface area contributed by atoms with Gasteiger partial charge in [-0.2, -0.15) is 0 Å². The number of aromatic nitrogens is 1. The molecule has 1 unspecified atom stereocenters. The largest absolute Gasteiger partial charge is 0.323 e. The monoisotopic (exact) mass is 226 g/mol. The van der Waals surface area contributed by atoms with E-state index in [0.29, 0.717) is 0 Å². The summed E-state index contributed by atoms with van der Waals surface area (Å²) in [6.07, 6.45) is 11.0. The first-order valence-electron chi connectivity index (χ1n) is 5.98. The van der Waals surface area contributed by atoms with Gasteiger partial charge in [0.1, 0.15) is 0 Å². The zero-order valence-corrected chi connectivity index (χ0v) is 10.4. The molecule has 0 saturated carbocycles. The summed E-state index contributed by atoms with van der Waals surface area (Å²) in [5.41, 5.74) is 7.91. The van der Waals surface area contributed by atoms with Crippen molar-refractivity contribution in [1.82, 2.24) is 4.98 Å². The minimum absolute atomic E-state index is 0.212. The molecule has 0 aliphatic rings. The number of nitrogens with two attached hydrogens (primary N) is 1. The number of hydrogen-bond donors (Lipinski definition) is 1. The molecule has 0 spiro atoms. The molecule has 86 valence electrons. The third kappa shape index (κ3) is 5.28. The van der Waals surface area contributed by atoms with Crippen molar-refractivity contribution in [2.24, 2.45) is 5.73 Å². The fourth-order valence-electron chi connectivity index (χ4n) is 1.70. The van der Waals surface area contributed by atoms with Gasteiger partial charge in [0, 0.05) is 17.1 Å². The third-order valence-corrected chi connectivity index (χ3v) is 3.59. The van der Waals surface area contributed by atoms with E-state index in [4.69, 9.17) is 5.73 Å². The number of thiazole rings is 1. The summed E-state index contributed by atoms with van der Waals surface area (Å²) < 4.78 is 0. The van der Waals surface area contributed by atoms with Crippen LogP contribution in [0.4, 0.5) is 0 Å². The summed E-state index contributed by atoms with van der Waals surface area (Å²) in [4.78, 5) is 5.28. The highest BCUT2D eigenvalue weighted by Crippen LogP contribution is 2.20. The lowest BCUT2D eigenvalue weighted by molar-refractivity contribution is 0.550. The highest BCUT2D eigenvalue weighted by molar-refractivity contribution is 7.09. The number of nitrogens with zero attached hydrogens (tertiary/aromatic N) is 1. The van der Waals surface area contributed by atoms with Crippen molar-refractivity contribution < 1.29 is 0 Å². The normalized spacial score (nSPS) is 12.9. The first-order chi connectivity index (χ1) is 7.34. The molecule has 1 atom stereocenters. The zero-order chi connectivity index (χ0) is 10.9. The molecular formula is C12H22N2S. The van der Waals surface area contributed by atoms with Gasteiger partial charge in [0.2, 0.25) is 0 Å². The standard InChI is InChI=1S/C12H22N2S/c1-2-3-4-5-6-7-8-11(13)12-9-14-10-15-12/h9-11H,2-8,13H2,1H3. The fraction of sp³-hybridized carbons (Fsp3) is 0.750. The van der Waals surface area contributed by atoms with Gasteiger partial charge in [-0.3, -0.25) is 4.98 Å². The molecule has 0 saturated heterocycles. The lowest BCUT2D eigenvalue weighted by atomic mass is 10.1. The quantitative estimate of drug-likeness (QED) is 0.683. The highest BCUT2D eigenvalue weighted by atomic mass is 32.1. The molecule has 0 fully saturated rings. The first kappa shape index (κ1) is 12.7. The molecule has 1 aromatic rings. The Morgan fingerprint density at radius 2 is 2.00 bits per heavy atom. The van der Waals surface area contributed by atoms with E-state index >= 15 is 0 Å². The third-order valence-electron chi connectivity index (χ3n) is 2.69. The van der Waals surface area contributed by atoms with Crippen LogP contribution in [0.2, 0.25) is 0 Å². The van der Waals surface area contributed by atoms with Gasteiger partial charge in [-0.25, -0.2) is 0 Å². The van der Waals surface area contributed by atoms with Gasteiger partial charge in [-0.05, 0) is 6.42 Å². The maximum absolute atomic E-state index is 6.05. The Morgan fingerprint density at radius 3 is 2.67 bits per heavy atom. The molecule has 0 aliphatic carbocycles. The molecule has 2 nitrogen and oxygen atoms in total. The van der Waals surface area contributed by atoms with Crippen LogP contribution in [0.5, 0.6) is 0 Å². The molecule has 1 heterocycles. The fourth-order valence-corrected chi connectivity index (χ4v) is 2.35. The van der Waals surface area contributed by atoms with Gasteiger partial charge in [-0.1, -0.05) is 45.4 Å². The average molecular weight is 226 g/mol. The number of rotatable bonds is 8. The summed E-state index contributed by atoms with van der Waals surface area (Å²) in [6.45, 7) is 2.25. The molecule has 2 N–H and O–H groups in total. The average Bonchev–Trinajstić information content (AvgIpc) is 2.76. The van der Waals surface area contributed by atoms with Crippen LogP contribution < -0.4 is 5.73 Å². The van der Waals surface area contributed by atoms with Crippen molar-refractivity contribution >= 4 is 11.3 Å². The smallest absolute Gasteiger partial charge is 0.0794 e. The van der Waals surface area contributed by atoms with E-state index in [9.17, 15) is 0 Å². The SMILES string of the molecule is CCCCCCCCC(N)c1cncs1. The molecule has 0 aliphatic heterocycles. The second kappa shape index (κ2) is 7.83. The lowest BCUT2D eigenvalue weighted by Gasteiger charge is -2.08. The predicted octanol–water partition coefficient (Wildman–Crippen LogP) is 3.89. The molecule has 0 amide bonds. The van der Waals surface area contributed by atoms with E-state index < -0.39 is 0 Å². The maximum atomic E-state index is 6.05. The van der Waals surface area contributed by atoms with Crippen molar-refractivity contribution in [2.75, 3.05) is 0 Å². The molecule has 0 aromatic carbocycles. The van der Waals surface area contributed by atoms with Crippen LogP contribution in [0.1, 0.15) is 62.8 Å². The predicted molar refractivity (Wildman–Crippen MR) is 67.0 cm³/mol. The molecule has 1 aromatic heterocycles. The summed E-state index contributed by atoms with van der Waals surface area (Å²) in [5, 5.41) is 0. The minimum Gasteiger partial charge on any atom is -0.323 e. The minimum atomic E-state index is 0.212. The molecular weight excluding hydrogens is 204 g/mol. The summed E-state index contributed by atoms with van der Waals surface area (Å²) in [5.74, 6) is 0. The van der Waals surface area contributed by atoms with Crippen LogP contribution in [-0.4, -0.2) is 4.98 Å². The number of unbranched alkanes of at least 4 members (excludes halogenated alkanes) is 5. The van der Waals surface area contributed by atoms with Gasteiger partial charge in [-0.15, -0.1) is 11.3 Å². The van der Waals surface area contributed by atoms with E-state index in [1.807, 2.05) is 11.7 Å². The van der Waals surface area contributed by atoms with Crippen LogP contribution in [-0.2, 0) is 0 Å². The Kier molecular flexibility index (Phi) is 6.60. The Morgan fingerprint density at radius 1 is 1.27 bits per heavy atom. The van der Waals surface area contributed by atoms with Crippen LogP contribution in [0.3, 0.4) is 0 Å². The van der Waals surface area contributed by atoms with E-state index in [2.05, 4.69) is 11.9 Å². The van der Waals surface area contributed by atoms with E-state index in [-0.39, 0.29) is 6.04 Å². The van der Waals surface area contributed by atoms with E-state index in [0.717, 1.165) is 6.42 Å². The van der Waals surface area contributed by atoms with Gasteiger partial charge in [0.05, 0.1) is 5.51 Å². The lowest BCUT2D eigenvalue weighted by Crippen LogP contribution is -2.08. The maximum Gasteiger partial charge on any atom is 0.0794 e. The summed E-state index contributed by atoms with van der Waals surface area (Å²) >= 11 is 1.67. The molecule has 0 bridgehead atoms. The van der Waals surface area contributed by atoms with Gasteiger partial charge >= 0.3 is 0 Å². The van der Waals surface area contributed by atoms with Crippen molar-refractivity contribution in [3.05, 3.63) is 16.6 Å². The Labute approximate surface area is 96.9 Å². The van der Waals surface area contributed by atoms with E-state index in [1.54, 1.807) is 11.3 Å². The number of hydrogen-bond acceptors (Lipinski definition) is 3. The summed E-state index contributed by atoms with van der Waals surface area (Å²) in [6, 6.07) is 0.212. The van der Waals surface area contributed by atoms with Crippen molar-refractivity contribution in [1.29, 1.82) is 0 Å². The molecule has 3 heteroatoms. The first-order valence-corrected chi connectivity index (χ1v) is 6.86. The van der Waals surface area contributed by atoms with Crippen LogP contribution >= 0.6 is 11.3 Å². The topological polar surface area (TPSA) is 38.9 Å². The van der Waals surface area contributed by atoms with Crippen molar-refractivity contribution in [3.8, 4) is 0 Å². The molecule has 1 rings (SSSR count). The molecule has 15 heavy (non-hydrogen) atoms. The second-order valence-corrected chi connectivity index (χ2v) is 4.98. The van der Waals surface area contributed by atoms with Gasteiger partial charge < -0.3 is 5.73 Å². The highest BCUT2D eigenvalue weighted by Gasteiger charge is 2.06. The van der Waals surface area contributed by atoms with Crippen molar-refractivity contribution in [3.63, 3.8) is 0 Å². The van der Waals surface area contributed by atoms with Crippen LogP contribution in [0.25, 0.3) is 0 Å². The van der Waals surface area contributed by atoms with Gasteiger partial charge in [0.15, 0.2) is 0 Å². The van der Waals surface area contributed by atoms with Gasteiger partial charge in [0.25, 0.3) is 0 Å².